The van der Waals surface area contributed by atoms with Crippen molar-refractivity contribution in [2.24, 2.45) is 17.3 Å². The highest BCUT2D eigenvalue weighted by atomic mass is 16.3. The minimum atomic E-state index is 0.286. The van der Waals surface area contributed by atoms with Gasteiger partial charge in [0, 0.05) is 13.1 Å². The predicted molar refractivity (Wildman–Crippen MR) is 69.5 cm³/mol. The van der Waals surface area contributed by atoms with Crippen molar-refractivity contribution in [3.05, 3.63) is 0 Å². The summed E-state index contributed by atoms with van der Waals surface area (Å²) < 4.78 is 0. The number of hydrogen-bond donors (Lipinski definition) is 1. The second kappa shape index (κ2) is 6.02. The minimum Gasteiger partial charge on any atom is -0.395 e. The number of aliphatic hydroxyl groups is 1. The lowest BCUT2D eigenvalue weighted by Gasteiger charge is -2.38. The van der Waals surface area contributed by atoms with Crippen molar-refractivity contribution in [1.82, 2.24) is 4.90 Å². The molecule has 96 valence electrons. The van der Waals surface area contributed by atoms with Gasteiger partial charge in [-0.1, -0.05) is 20.8 Å². The summed E-state index contributed by atoms with van der Waals surface area (Å²) in [4.78, 5) is 2.27. The minimum absolute atomic E-state index is 0.286. The molecule has 1 saturated carbocycles. The summed E-state index contributed by atoms with van der Waals surface area (Å²) in [5.74, 6) is 1.77. The van der Waals surface area contributed by atoms with Crippen LogP contribution in [-0.4, -0.2) is 36.8 Å². The summed E-state index contributed by atoms with van der Waals surface area (Å²) >= 11 is 0. The van der Waals surface area contributed by atoms with Gasteiger partial charge in [0.2, 0.25) is 0 Å². The average molecular weight is 227 g/mol. The third-order valence-electron chi connectivity index (χ3n) is 4.12. The van der Waals surface area contributed by atoms with Gasteiger partial charge in [-0.05, 0) is 50.0 Å². The van der Waals surface area contributed by atoms with E-state index in [-0.39, 0.29) is 6.61 Å². The molecule has 1 aliphatic rings. The molecule has 0 radical (unpaired) electrons. The fourth-order valence-corrected chi connectivity index (χ4v) is 2.91. The molecule has 0 spiro atoms. The molecule has 1 aliphatic carbocycles. The average Bonchev–Trinajstić information content (AvgIpc) is 2.17. The molecule has 0 aromatic carbocycles. The topological polar surface area (TPSA) is 23.5 Å². The van der Waals surface area contributed by atoms with E-state index in [2.05, 4.69) is 32.7 Å². The molecule has 0 amide bonds. The van der Waals surface area contributed by atoms with Gasteiger partial charge in [0.1, 0.15) is 0 Å². The van der Waals surface area contributed by atoms with E-state index >= 15 is 0 Å². The second-order valence-corrected chi connectivity index (χ2v) is 6.57. The molecule has 0 aromatic heterocycles. The standard InChI is InChI=1S/C14H29NO/c1-14(2,3)13-7-5-12(6-8-13)11-15(4)9-10-16/h12-13,16H,5-11H2,1-4H3. The highest BCUT2D eigenvalue weighted by Crippen LogP contribution is 2.39. The van der Waals surface area contributed by atoms with E-state index < -0.39 is 0 Å². The smallest absolute Gasteiger partial charge is 0.0558 e. The first-order valence-corrected chi connectivity index (χ1v) is 6.73. The number of nitrogens with zero attached hydrogens (tertiary/aromatic N) is 1. The Morgan fingerprint density at radius 1 is 1.12 bits per heavy atom. The van der Waals surface area contributed by atoms with Crippen LogP contribution in [0, 0.1) is 17.3 Å². The Bertz CT molecular complexity index is 189. The van der Waals surface area contributed by atoms with E-state index in [0.29, 0.717) is 5.41 Å². The molecule has 2 heteroatoms. The maximum atomic E-state index is 8.87. The Labute approximate surface area is 101 Å². The van der Waals surface area contributed by atoms with Gasteiger partial charge < -0.3 is 10.0 Å². The van der Waals surface area contributed by atoms with Crippen LogP contribution in [0.25, 0.3) is 0 Å². The fourth-order valence-electron chi connectivity index (χ4n) is 2.91. The van der Waals surface area contributed by atoms with Crippen LogP contribution in [0.3, 0.4) is 0 Å². The number of hydrogen-bond acceptors (Lipinski definition) is 2. The molecule has 0 saturated heterocycles. The van der Waals surface area contributed by atoms with Crippen LogP contribution in [0.2, 0.25) is 0 Å². The molecule has 0 aliphatic heterocycles. The summed E-state index contributed by atoms with van der Waals surface area (Å²) in [6.45, 7) is 9.38. The summed E-state index contributed by atoms with van der Waals surface area (Å²) in [5, 5.41) is 8.87. The summed E-state index contributed by atoms with van der Waals surface area (Å²) in [6.07, 6.45) is 5.53. The van der Waals surface area contributed by atoms with Crippen molar-refractivity contribution in [3.63, 3.8) is 0 Å². The molecule has 0 aromatic rings. The molecule has 0 atom stereocenters. The van der Waals surface area contributed by atoms with Crippen LogP contribution in [0.15, 0.2) is 0 Å². The quantitative estimate of drug-likeness (QED) is 0.798. The fraction of sp³-hybridized carbons (Fsp3) is 1.00. The maximum Gasteiger partial charge on any atom is 0.0558 e. The van der Waals surface area contributed by atoms with E-state index in [0.717, 1.165) is 24.9 Å². The van der Waals surface area contributed by atoms with Gasteiger partial charge in [-0.2, -0.15) is 0 Å². The molecule has 1 rings (SSSR count). The van der Waals surface area contributed by atoms with Crippen LogP contribution < -0.4 is 0 Å². The Morgan fingerprint density at radius 2 is 1.69 bits per heavy atom. The lowest BCUT2D eigenvalue weighted by molar-refractivity contribution is 0.125. The first-order chi connectivity index (χ1) is 7.43. The van der Waals surface area contributed by atoms with Gasteiger partial charge in [-0.15, -0.1) is 0 Å². The zero-order chi connectivity index (χ0) is 12.2. The first-order valence-electron chi connectivity index (χ1n) is 6.73. The Morgan fingerprint density at radius 3 is 2.12 bits per heavy atom. The highest BCUT2D eigenvalue weighted by Gasteiger charge is 2.29. The first kappa shape index (κ1) is 14.0. The molecule has 1 fully saturated rings. The summed E-state index contributed by atoms with van der Waals surface area (Å²) in [7, 11) is 2.12. The van der Waals surface area contributed by atoms with Gasteiger partial charge in [-0.25, -0.2) is 0 Å². The molecule has 1 N–H and O–H groups in total. The van der Waals surface area contributed by atoms with Crippen LogP contribution in [0.1, 0.15) is 46.5 Å². The Hall–Kier alpha value is -0.0800. The van der Waals surface area contributed by atoms with Crippen LogP contribution in [0.4, 0.5) is 0 Å². The number of aliphatic hydroxyl groups excluding tert-OH is 1. The third-order valence-corrected chi connectivity index (χ3v) is 4.12. The highest BCUT2D eigenvalue weighted by molar-refractivity contribution is 4.81. The predicted octanol–water partition coefficient (Wildman–Crippen LogP) is 2.76. The molecule has 16 heavy (non-hydrogen) atoms. The summed E-state index contributed by atoms with van der Waals surface area (Å²) in [5.41, 5.74) is 0.488. The van der Waals surface area contributed by atoms with E-state index in [9.17, 15) is 0 Å². The maximum absolute atomic E-state index is 8.87. The molecule has 0 heterocycles. The van der Waals surface area contributed by atoms with Gasteiger partial charge in [0.25, 0.3) is 0 Å². The largest absolute Gasteiger partial charge is 0.395 e. The zero-order valence-corrected chi connectivity index (χ0v) is 11.5. The van der Waals surface area contributed by atoms with Crippen molar-refractivity contribution < 1.29 is 5.11 Å². The van der Waals surface area contributed by atoms with Gasteiger partial charge in [0.05, 0.1) is 6.61 Å². The van der Waals surface area contributed by atoms with Crippen molar-refractivity contribution in [3.8, 4) is 0 Å². The van der Waals surface area contributed by atoms with Gasteiger partial charge in [0.15, 0.2) is 0 Å². The zero-order valence-electron chi connectivity index (χ0n) is 11.5. The van der Waals surface area contributed by atoms with Gasteiger partial charge in [-0.3, -0.25) is 0 Å². The lowest BCUT2D eigenvalue weighted by atomic mass is 9.70. The van der Waals surface area contributed by atoms with Crippen molar-refractivity contribution in [1.29, 1.82) is 0 Å². The third kappa shape index (κ3) is 4.42. The SMILES string of the molecule is CN(CCO)CC1CCC(C(C)(C)C)CC1. The van der Waals surface area contributed by atoms with E-state index in [4.69, 9.17) is 5.11 Å². The molecule has 0 unspecified atom stereocenters. The molecular formula is C14H29NO. The second-order valence-electron chi connectivity index (χ2n) is 6.57. The lowest BCUT2D eigenvalue weighted by Crippen LogP contribution is -2.32. The number of rotatable bonds is 4. The normalized spacial score (nSPS) is 27.4. The van der Waals surface area contributed by atoms with Gasteiger partial charge >= 0.3 is 0 Å². The molecule has 2 nitrogen and oxygen atoms in total. The number of likely N-dealkylation sites (N-methyl/N-ethyl adjacent to an activating group) is 1. The van der Waals surface area contributed by atoms with Crippen LogP contribution in [-0.2, 0) is 0 Å². The van der Waals surface area contributed by atoms with Crippen molar-refractivity contribution >= 4 is 0 Å². The van der Waals surface area contributed by atoms with Crippen molar-refractivity contribution in [2.45, 2.75) is 46.5 Å². The van der Waals surface area contributed by atoms with E-state index in [1.807, 2.05) is 0 Å². The van der Waals surface area contributed by atoms with E-state index in [1.54, 1.807) is 0 Å². The summed E-state index contributed by atoms with van der Waals surface area (Å²) in [6, 6.07) is 0. The van der Waals surface area contributed by atoms with Crippen LogP contribution in [0.5, 0.6) is 0 Å². The van der Waals surface area contributed by atoms with Crippen LogP contribution >= 0.6 is 0 Å². The van der Waals surface area contributed by atoms with E-state index in [1.165, 1.54) is 25.7 Å². The molecular weight excluding hydrogens is 198 g/mol. The monoisotopic (exact) mass is 227 g/mol. The molecule has 0 bridgehead atoms. The Balaban J connectivity index is 2.27. The van der Waals surface area contributed by atoms with Crippen molar-refractivity contribution in [2.75, 3.05) is 26.7 Å². The Kier molecular flexibility index (Phi) is 5.26.